The number of aliphatic hydroxyl groups is 2. The van der Waals surface area contributed by atoms with Crippen LogP contribution in [0.25, 0.3) is 11.4 Å². The van der Waals surface area contributed by atoms with E-state index >= 15 is 0 Å². The first-order valence-corrected chi connectivity index (χ1v) is 10.9. The van der Waals surface area contributed by atoms with E-state index in [0.29, 0.717) is 16.5 Å². The Labute approximate surface area is 192 Å². The van der Waals surface area contributed by atoms with Crippen LogP contribution in [0.1, 0.15) is 15.9 Å². The van der Waals surface area contributed by atoms with Crippen LogP contribution in [0.4, 0.5) is 5.95 Å². The molecule has 1 amide bonds. The molecule has 31 heavy (non-hydrogen) atoms. The fourth-order valence-corrected chi connectivity index (χ4v) is 3.89. The minimum Gasteiger partial charge on any atom is -0.394 e. The van der Waals surface area contributed by atoms with Gasteiger partial charge in [-0.3, -0.25) is 4.79 Å². The highest BCUT2D eigenvalue weighted by Crippen LogP contribution is 2.32. The molecule has 3 rings (SSSR count). The van der Waals surface area contributed by atoms with Crippen LogP contribution >= 0.6 is 35.0 Å². The van der Waals surface area contributed by atoms with Crippen molar-refractivity contribution in [2.24, 2.45) is 0 Å². The van der Waals surface area contributed by atoms with E-state index in [2.05, 4.69) is 20.3 Å². The Morgan fingerprint density at radius 3 is 2.58 bits per heavy atom. The second-order valence-corrected chi connectivity index (χ2v) is 8.19. The lowest BCUT2D eigenvalue weighted by Gasteiger charge is -2.12. The fraction of sp³-hybridized carbons (Fsp3) is 0.200. The third-order valence-corrected chi connectivity index (χ3v) is 5.64. The maximum absolute atomic E-state index is 12.5. The van der Waals surface area contributed by atoms with E-state index in [4.69, 9.17) is 34.0 Å². The number of rotatable bonds is 8. The van der Waals surface area contributed by atoms with Gasteiger partial charge < -0.3 is 21.3 Å². The molecule has 2 aromatic carbocycles. The molecule has 8 nitrogen and oxygen atoms in total. The van der Waals surface area contributed by atoms with Crippen LogP contribution in [-0.4, -0.2) is 50.3 Å². The monoisotopic (exact) mass is 479 g/mol. The number of nitrogens with zero attached hydrogens (tertiary/aromatic N) is 3. The normalized spacial score (nSPS) is 11.9. The predicted octanol–water partition coefficient (Wildman–Crippen LogP) is 2.80. The molecular formula is C20H19Cl2N5O3S. The van der Waals surface area contributed by atoms with Crippen molar-refractivity contribution in [1.29, 1.82) is 0 Å². The second kappa shape index (κ2) is 10.7. The number of carbonyl (C=O) groups excluding carboxylic acids is 1. The summed E-state index contributed by atoms with van der Waals surface area (Å²) in [6, 6.07) is 12.7. The highest BCUT2D eigenvalue weighted by molar-refractivity contribution is 7.98. The number of benzene rings is 2. The van der Waals surface area contributed by atoms with Gasteiger partial charge in [0.1, 0.15) is 0 Å². The summed E-state index contributed by atoms with van der Waals surface area (Å²) >= 11 is 13.9. The molecule has 1 heterocycles. The zero-order valence-electron chi connectivity index (χ0n) is 16.1. The van der Waals surface area contributed by atoms with Gasteiger partial charge in [0.25, 0.3) is 5.91 Å². The van der Waals surface area contributed by atoms with Gasteiger partial charge in [0.05, 0.1) is 28.3 Å². The summed E-state index contributed by atoms with van der Waals surface area (Å²) in [5, 5.41) is 21.6. The minimum atomic E-state index is -1.08. The summed E-state index contributed by atoms with van der Waals surface area (Å²) in [6.07, 6.45) is -1.08. The first kappa shape index (κ1) is 23.2. The molecule has 0 radical (unpaired) electrons. The molecular weight excluding hydrogens is 461 g/mol. The quantitative estimate of drug-likeness (QED) is 0.362. The molecule has 1 unspecified atom stereocenters. The highest BCUT2D eigenvalue weighted by atomic mass is 35.5. The Bertz CT molecular complexity index is 1070. The van der Waals surface area contributed by atoms with Gasteiger partial charge in [0, 0.05) is 17.9 Å². The zero-order chi connectivity index (χ0) is 22.4. The molecule has 0 aliphatic carbocycles. The minimum absolute atomic E-state index is 0.0173. The molecule has 11 heteroatoms. The number of nitrogen functional groups attached to an aromatic ring is 1. The summed E-state index contributed by atoms with van der Waals surface area (Å²) in [5.41, 5.74) is 7.43. The number of amides is 1. The van der Waals surface area contributed by atoms with Gasteiger partial charge in [-0.25, -0.2) is 4.98 Å². The van der Waals surface area contributed by atoms with Gasteiger partial charge in [-0.2, -0.15) is 9.97 Å². The number of anilines is 1. The van der Waals surface area contributed by atoms with E-state index in [0.717, 1.165) is 5.56 Å². The van der Waals surface area contributed by atoms with Crippen molar-refractivity contribution >= 4 is 46.8 Å². The van der Waals surface area contributed by atoms with Crippen LogP contribution in [0.15, 0.2) is 47.6 Å². The third kappa shape index (κ3) is 6.28. The number of carbonyl (C=O) groups is 1. The summed E-state index contributed by atoms with van der Waals surface area (Å²) in [7, 11) is 0. The number of thioether (sulfide) groups is 1. The van der Waals surface area contributed by atoms with Crippen molar-refractivity contribution in [3.8, 4) is 11.4 Å². The zero-order valence-corrected chi connectivity index (χ0v) is 18.5. The molecule has 0 bridgehead atoms. The number of hydrogen-bond acceptors (Lipinski definition) is 8. The van der Waals surface area contributed by atoms with Crippen LogP contribution in [-0.2, 0) is 5.75 Å². The number of nitrogens with one attached hydrogen (secondary N) is 1. The van der Waals surface area contributed by atoms with E-state index in [-0.39, 0.29) is 33.9 Å². The lowest BCUT2D eigenvalue weighted by molar-refractivity contribution is 0.0802. The molecule has 0 aliphatic heterocycles. The summed E-state index contributed by atoms with van der Waals surface area (Å²) in [5.74, 6) is 0.313. The van der Waals surface area contributed by atoms with Crippen LogP contribution in [0.3, 0.4) is 0 Å². The van der Waals surface area contributed by atoms with E-state index < -0.39 is 18.6 Å². The smallest absolute Gasteiger partial charge is 0.252 e. The van der Waals surface area contributed by atoms with Crippen LogP contribution in [0.5, 0.6) is 0 Å². The molecule has 0 spiro atoms. The summed E-state index contributed by atoms with van der Waals surface area (Å²) in [6.45, 7) is -0.615. The van der Waals surface area contributed by atoms with Crippen molar-refractivity contribution in [3.05, 3.63) is 63.6 Å². The molecule has 1 aromatic heterocycles. The number of aliphatic hydroxyl groups excluding tert-OH is 2. The number of aromatic nitrogens is 3. The topological polar surface area (TPSA) is 134 Å². The fourth-order valence-electron chi connectivity index (χ4n) is 2.54. The first-order chi connectivity index (χ1) is 14.9. The van der Waals surface area contributed by atoms with Gasteiger partial charge in [-0.15, -0.1) is 0 Å². The molecule has 3 aromatic rings. The largest absolute Gasteiger partial charge is 0.394 e. The Kier molecular flexibility index (Phi) is 8.05. The lowest BCUT2D eigenvalue weighted by atomic mass is 10.1. The first-order valence-electron chi connectivity index (χ1n) is 9.12. The molecule has 162 valence electrons. The van der Waals surface area contributed by atoms with Gasteiger partial charge in [-0.1, -0.05) is 65.3 Å². The second-order valence-electron chi connectivity index (χ2n) is 6.43. The predicted molar refractivity (Wildman–Crippen MR) is 121 cm³/mol. The van der Waals surface area contributed by atoms with Gasteiger partial charge >= 0.3 is 0 Å². The molecule has 0 fully saturated rings. The summed E-state index contributed by atoms with van der Waals surface area (Å²) < 4.78 is 0. The average molecular weight is 480 g/mol. The Morgan fingerprint density at radius 1 is 1.13 bits per heavy atom. The van der Waals surface area contributed by atoms with Crippen LogP contribution in [0, 0.1) is 0 Å². The maximum Gasteiger partial charge on any atom is 0.252 e. The standard InChI is InChI=1S/C20H19Cl2N5O3S/c21-15-7-16(22)14(18(30)24-8-12(29)9-28)6-13(15)17-25-19(23)27-20(26-17)31-10-11-4-2-1-3-5-11/h1-7,12,28-29H,8-10H2,(H,24,30)(H2,23,25,26,27). The Hall–Kier alpha value is -2.43. The summed E-state index contributed by atoms with van der Waals surface area (Å²) in [4.78, 5) is 25.2. The molecule has 0 aliphatic rings. The highest BCUT2D eigenvalue weighted by Gasteiger charge is 2.18. The Morgan fingerprint density at radius 2 is 1.87 bits per heavy atom. The van der Waals surface area contributed by atoms with Crippen molar-refractivity contribution < 1.29 is 15.0 Å². The van der Waals surface area contributed by atoms with Crippen LogP contribution < -0.4 is 11.1 Å². The van der Waals surface area contributed by atoms with E-state index in [1.54, 1.807) is 0 Å². The Balaban J connectivity index is 1.87. The van der Waals surface area contributed by atoms with E-state index in [1.165, 1.54) is 23.9 Å². The number of halogens is 2. The van der Waals surface area contributed by atoms with Crippen molar-refractivity contribution in [1.82, 2.24) is 20.3 Å². The number of nitrogens with two attached hydrogens (primary N) is 1. The van der Waals surface area contributed by atoms with Gasteiger partial charge in [-0.05, 0) is 17.7 Å². The molecule has 0 saturated carbocycles. The molecule has 0 saturated heterocycles. The molecule has 1 atom stereocenters. The lowest BCUT2D eigenvalue weighted by Crippen LogP contribution is -2.34. The molecule has 5 N–H and O–H groups in total. The third-order valence-electron chi connectivity index (χ3n) is 4.09. The van der Waals surface area contributed by atoms with Crippen molar-refractivity contribution in [3.63, 3.8) is 0 Å². The van der Waals surface area contributed by atoms with Gasteiger partial charge in [0.2, 0.25) is 5.95 Å². The van der Waals surface area contributed by atoms with Gasteiger partial charge in [0.15, 0.2) is 11.0 Å². The SMILES string of the molecule is Nc1nc(SCc2ccccc2)nc(-c2cc(C(=O)NCC(O)CO)c(Cl)cc2Cl)n1. The van der Waals surface area contributed by atoms with E-state index in [9.17, 15) is 9.90 Å². The van der Waals surface area contributed by atoms with E-state index in [1.807, 2.05) is 30.3 Å². The van der Waals surface area contributed by atoms with Crippen LogP contribution in [0.2, 0.25) is 10.0 Å². The van der Waals surface area contributed by atoms with Crippen molar-refractivity contribution in [2.45, 2.75) is 17.0 Å². The van der Waals surface area contributed by atoms with Crippen molar-refractivity contribution in [2.75, 3.05) is 18.9 Å². The average Bonchev–Trinajstić information content (AvgIpc) is 2.76. The number of hydrogen-bond donors (Lipinski definition) is 4. The maximum atomic E-state index is 12.5.